The fourth-order valence-corrected chi connectivity index (χ4v) is 6.77. The summed E-state index contributed by atoms with van der Waals surface area (Å²) >= 11 is 0. The van der Waals surface area contributed by atoms with Crippen molar-refractivity contribution in [1.82, 2.24) is 30.7 Å². The van der Waals surface area contributed by atoms with Gasteiger partial charge in [-0.3, -0.25) is 38.7 Å². The van der Waals surface area contributed by atoms with E-state index in [9.17, 15) is 44.1 Å². The molecule has 20 heteroatoms. The van der Waals surface area contributed by atoms with Gasteiger partial charge in [0.05, 0.1) is 51.5 Å². The molecule has 3 aliphatic rings. The maximum Gasteiger partial charge on any atom is 0.317 e. The van der Waals surface area contributed by atoms with Gasteiger partial charge in [-0.2, -0.15) is 12.8 Å². The fourth-order valence-electron chi connectivity index (χ4n) is 6.77. The Balaban J connectivity index is 0.0000112. The Kier molecular flexibility index (Phi) is 24.9. The first-order valence-corrected chi connectivity index (χ1v) is 19.6. The third-order valence-corrected chi connectivity index (χ3v) is 10.0. The average molecular weight is 957 g/mol. The van der Waals surface area contributed by atoms with Crippen molar-refractivity contribution in [3.63, 3.8) is 0 Å². The first-order chi connectivity index (χ1) is 26.8. The van der Waals surface area contributed by atoms with Gasteiger partial charge in [0, 0.05) is 85.5 Å². The number of hydrogen-bond donors (Lipinski definition) is 6. The molecule has 0 saturated carbocycles. The Hall–Kier alpha value is -1.98. The Morgan fingerprint density at radius 3 is 1.65 bits per heavy atom. The van der Waals surface area contributed by atoms with Crippen LogP contribution in [0.4, 0.5) is 0 Å². The number of nitrogens with one attached hydrogen (secondary N) is 3. The molecule has 3 rings (SSSR count). The zero-order valence-electron chi connectivity index (χ0n) is 33.3. The van der Waals surface area contributed by atoms with E-state index in [1.54, 1.807) is 14.7 Å². The van der Waals surface area contributed by atoms with Crippen LogP contribution in [0.2, 0.25) is 0 Å². The van der Waals surface area contributed by atoms with E-state index in [0.29, 0.717) is 58.0 Å². The molecule has 0 radical (unpaired) electrons. The predicted octanol–water partition coefficient (Wildman–Crippen LogP) is -0.613. The zero-order chi connectivity index (χ0) is 40.9. The van der Waals surface area contributed by atoms with E-state index in [1.165, 1.54) is 6.92 Å². The van der Waals surface area contributed by atoms with Crippen LogP contribution in [0, 0.1) is 51.3 Å². The fraction of sp³-hybridized carbons (Fsp3) is 0.811. The van der Waals surface area contributed by atoms with Crippen LogP contribution in [0.5, 0.6) is 0 Å². The van der Waals surface area contributed by atoms with Gasteiger partial charge in [-0.1, -0.05) is 6.42 Å². The number of Topliss-reactive ketones (excluding diaryl/α,β-unsaturated/α-hetero) is 1. The number of rotatable bonds is 21. The smallest absolute Gasteiger partial charge is 0.317 e. The van der Waals surface area contributed by atoms with E-state index in [0.717, 1.165) is 19.4 Å². The standard InChI is InChI=1S/C37H63N6O13.Gd/c1-27(44)7-8-29(36(52)39-12-4-6-35-55-25-37(26-56-35)23-53-34(54-24-37)5-3-11-38-2)40-30(45)20-41-13-9-28(19-31(46)47)10-14-42(21-32(48)49)16-18-43(17-15-41)22-33(50)51;/h29,34-35,38H,3-26H2,1-2H3,(H,39,52)(H,40,45)(H,46,47)(H,48,49)(H,50,51);/q-1;. The molecule has 57 heavy (non-hydrogen) atoms. The molecule has 0 aliphatic carbocycles. The van der Waals surface area contributed by atoms with Crippen LogP contribution in [-0.2, 0) is 47.7 Å². The quantitative estimate of drug-likeness (QED) is 0.0621. The van der Waals surface area contributed by atoms with Crippen molar-refractivity contribution in [1.29, 1.82) is 0 Å². The maximum atomic E-state index is 13.4. The summed E-state index contributed by atoms with van der Waals surface area (Å²) in [6.07, 6.45) is 2.79. The van der Waals surface area contributed by atoms with Gasteiger partial charge >= 0.3 is 11.9 Å². The number of carbonyl (C=O) groups is 6. The second kappa shape index (κ2) is 27.7. The second-order valence-corrected chi connectivity index (χ2v) is 15.1. The van der Waals surface area contributed by atoms with Gasteiger partial charge in [-0.05, 0) is 59.3 Å². The molecular weight excluding hydrogens is 894 g/mol. The maximum absolute atomic E-state index is 13.4. The molecule has 328 valence electrons. The molecule has 3 aliphatic heterocycles. The minimum absolute atomic E-state index is 0. The normalized spacial score (nSPS) is 24.0. The van der Waals surface area contributed by atoms with Gasteiger partial charge < -0.3 is 60.9 Å². The molecule has 2 amide bonds. The molecule has 0 aromatic heterocycles. The number of carbonyl (C=O) groups excluding carboxylic acids is 3. The van der Waals surface area contributed by atoms with Crippen molar-refractivity contribution < 1.29 is 103 Å². The number of ether oxygens (including phenoxy) is 4. The van der Waals surface area contributed by atoms with Gasteiger partial charge in [-0.15, -0.1) is 0 Å². The number of nitrogens with zero attached hydrogens (tertiary/aromatic N) is 3. The molecule has 3 saturated heterocycles. The Bertz CT molecular complexity index is 1230. The first-order valence-electron chi connectivity index (χ1n) is 19.6. The molecule has 3 fully saturated rings. The van der Waals surface area contributed by atoms with E-state index < -0.39 is 42.1 Å². The third kappa shape index (κ3) is 21.2. The summed E-state index contributed by atoms with van der Waals surface area (Å²) in [5.74, 6) is -3.47. The summed E-state index contributed by atoms with van der Waals surface area (Å²) < 4.78 is 23.8. The van der Waals surface area contributed by atoms with Crippen LogP contribution in [0.1, 0.15) is 64.7 Å². The van der Waals surface area contributed by atoms with Crippen molar-refractivity contribution >= 4 is 35.5 Å². The average Bonchev–Trinajstić information content (AvgIpc) is 3.14. The predicted molar refractivity (Wildman–Crippen MR) is 200 cm³/mol. The van der Waals surface area contributed by atoms with Crippen molar-refractivity contribution in [3.8, 4) is 0 Å². The molecule has 1 unspecified atom stereocenters. The van der Waals surface area contributed by atoms with Crippen molar-refractivity contribution in [2.75, 3.05) is 105 Å². The van der Waals surface area contributed by atoms with Crippen LogP contribution in [0.25, 0.3) is 0 Å². The Morgan fingerprint density at radius 1 is 0.719 bits per heavy atom. The van der Waals surface area contributed by atoms with Crippen LogP contribution in [-0.4, -0.2) is 190 Å². The number of aliphatic carboxylic acids is 3. The Morgan fingerprint density at radius 2 is 1.19 bits per heavy atom. The minimum Gasteiger partial charge on any atom is -0.483 e. The van der Waals surface area contributed by atoms with E-state index in [4.69, 9.17) is 18.9 Å². The molecule has 0 aromatic carbocycles. The molecule has 3 heterocycles. The molecule has 0 aromatic rings. The van der Waals surface area contributed by atoms with Gasteiger partial charge in [0.15, 0.2) is 12.6 Å². The minimum atomic E-state index is -1.05. The largest absolute Gasteiger partial charge is 0.483 e. The van der Waals surface area contributed by atoms with Gasteiger partial charge in [0.1, 0.15) is 11.8 Å². The van der Waals surface area contributed by atoms with E-state index >= 15 is 0 Å². The Labute approximate surface area is 367 Å². The SMILES string of the molecule is CNCCCC1OCC2(CO1)COC(CCCNC(=O)C(CCC(C)=O)NC(=O)CN1CC[C-](CC(=O)O)CCN(CC(=O)O)CCN(CC(=O)O)CC1)OC2.[Gd]. The molecule has 6 N–H and O–H groups in total. The summed E-state index contributed by atoms with van der Waals surface area (Å²) in [5, 5.41) is 37.1. The first kappa shape index (κ1) is 51.2. The molecule has 19 nitrogen and oxygen atoms in total. The molecule has 1 spiro atoms. The van der Waals surface area contributed by atoms with Gasteiger partial charge in [0.25, 0.3) is 5.97 Å². The number of amides is 2. The summed E-state index contributed by atoms with van der Waals surface area (Å²) in [6.45, 7) is 5.34. The monoisotopic (exact) mass is 957 g/mol. The number of carboxylic acid groups (broad SMARTS) is 3. The van der Waals surface area contributed by atoms with Crippen molar-refractivity contribution in [2.45, 2.75) is 83.3 Å². The topological polar surface area (TPSA) is 246 Å². The van der Waals surface area contributed by atoms with Gasteiger partial charge in [-0.25, -0.2) is 0 Å². The third-order valence-electron chi connectivity index (χ3n) is 10.0. The van der Waals surface area contributed by atoms with E-state index in [1.807, 2.05) is 7.05 Å². The van der Waals surface area contributed by atoms with Crippen LogP contribution in [0.3, 0.4) is 0 Å². The number of carboxylic acids is 3. The zero-order valence-corrected chi connectivity index (χ0v) is 35.6. The van der Waals surface area contributed by atoms with E-state index in [-0.39, 0.29) is 142 Å². The number of ketones is 1. The molecule has 1 atom stereocenters. The summed E-state index contributed by atoms with van der Waals surface area (Å²) in [6, 6.07) is -0.980. The van der Waals surface area contributed by atoms with Crippen molar-refractivity contribution in [2.24, 2.45) is 5.41 Å². The second-order valence-electron chi connectivity index (χ2n) is 15.1. The number of hydrogen-bond acceptors (Lipinski definition) is 14. The summed E-state index contributed by atoms with van der Waals surface area (Å²) in [7, 11) is 1.91. The molecule has 0 bridgehead atoms. The summed E-state index contributed by atoms with van der Waals surface area (Å²) in [4.78, 5) is 78.3. The van der Waals surface area contributed by atoms with Gasteiger partial charge in [0.2, 0.25) is 11.8 Å². The van der Waals surface area contributed by atoms with Crippen molar-refractivity contribution in [3.05, 3.63) is 5.92 Å². The van der Waals surface area contributed by atoms with Crippen LogP contribution in [0.15, 0.2) is 0 Å². The van der Waals surface area contributed by atoms with E-state index in [2.05, 4.69) is 16.0 Å². The molecular formula is C37H63GdN6O13-. The van der Waals surface area contributed by atoms with Crippen LogP contribution >= 0.6 is 0 Å². The van der Waals surface area contributed by atoms with Crippen LogP contribution < -0.4 is 16.0 Å². The summed E-state index contributed by atoms with van der Waals surface area (Å²) in [5.41, 5.74) is -0.349.